The van der Waals surface area contributed by atoms with Crippen molar-refractivity contribution in [2.24, 2.45) is 5.92 Å². The Hall–Kier alpha value is -2.71. The normalized spacial score (nSPS) is 23.4. The highest BCUT2D eigenvalue weighted by molar-refractivity contribution is 9.10. The molecule has 0 bridgehead atoms. The lowest BCUT2D eigenvalue weighted by atomic mass is 9.80. The highest BCUT2D eigenvalue weighted by atomic mass is 79.9. The summed E-state index contributed by atoms with van der Waals surface area (Å²) in [5, 5.41) is 0. The van der Waals surface area contributed by atoms with E-state index in [1.165, 1.54) is 20.8 Å². The largest absolute Gasteiger partial charge is 0.458 e. The van der Waals surface area contributed by atoms with Gasteiger partial charge in [-0.1, -0.05) is 55.8 Å². The van der Waals surface area contributed by atoms with Gasteiger partial charge < -0.3 is 18.9 Å². The van der Waals surface area contributed by atoms with Gasteiger partial charge in [0.05, 0.1) is 6.10 Å². The van der Waals surface area contributed by atoms with Gasteiger partial charge in [-0.2, -0.15) is 0 Å². The summed E-state index contributed by atoms with van der Waals surface area (Å²) >= 11 is 3.53. The van der Waals surface area contributed by atoms with Crippen LogP contribution in [0.25, 0.3) is 0 Å². The molecule has 6 atom stereocenters. The van der Waals surface area contributed by atoms with Crippen LogP contribution < -0.4 is 0 Å². The molecule has 1 saturated heterocycles. The predicted octanol–water partition coefficient (Wildman–Crippen LogP) is 7.19. The van der Waals surface area contributed by atoms with Gasteiger partial charge >= 0.3 is 17.9 Å². The molecular weight excluding hydrogens is 576 g/mol. The number of carbonyl (C=O) groups excluding carboxylic acids is 3. The minimum atomic E-state index is -0.850. The van der Waals surface area contributed by atoms with Gasteiger partial charge in [0.2, 0.25) is 0 Å². The van der Waals surface area contributed by atoms with Crippen LogP contribution in [0.5, 0.6) is 0 Å². The van der Waals surface area contributed by atoms with Crippen LogP contribution in [0.4, 0.5) is 0 Å². The number of carbonyl (C=O) groups is 3. The quantitative estimate of drug-likeness (QED) is 0.229. The molecule has 7 nitrogen and oxygen atoms in total. The maximum Gasteiger partial charge on any atom is 0.303 e. The van der Waals surface area contributed by atoms with Crippen LogP contribution in [-0.4, -0.2) is 36.2 Å². The van der Waals surface area contributed by atoms with Crippen LogP contribution in [0.15, 0.2) is 34.8 Å². The summed E-state index contributed by atoms with van der Waals surface area (Å²) in [6.45, 7) is 16.2. The number of ether oxygens (including phenoxy) is 4. The molecule has 1 heterocycles. The first-order valence-electron chi connectivity index (χ1n) is 13.8. The van der Waals surface area contributed by atoms with Crippen molar-refractivity contribution >= 4 is 33.8 Å². The molecule has 0 aromatic heterocycles. The molecule has 0 saturated carbocycles. The minimum absolute atomic E-state index is 0.130. The number of rotatable bonds is 8. The maximum atomic E-state index is 12.4. The molecule has 3 rings (SSSR count). The van der Waals surface area contributed by atoms with Gasteiger partial charge in [0.25, 0.3) is 0 Å². The molecule has 1 unspecified atom stereocenters. The van der Waals surface area contributed by atoms with Gasteiger partial charge in [0.15, 0.2) is 12.2 Å². The highest BCUT2D eigenvalue weighted by Gasteiger charge is 2.48. The average molecular weight is 618 g/mol. The Balaban J connectivity index is 2.28. The van der Waals surface area contributed by atoms with Crippen LogP contribution >= 0.6 is 15.9 Å². The van der Waals surface area contributed by atoms with Crippen molar-refractivity contribution in [3.63, 3.8) is 0 Å². The van der Waals surface area contributed by atoms with E-state index in [-0.39, 0.29) is 17.9 Å². The summed E-state index contributed by atoms with van der Waals surface area (Å²) in [6.07, 6.45) is -2.44. The molecule has 0 N–H and O–H groups in total. The molecule has 1 aliphatic rings. The second-order valence-electron chi connectivity index (χ2n) is 11.0. The van der Waals surface area contributed by atoms with Crippen LogP contribution in [0.1, 0.15) is 106 Å². The van der Waals surface area contributed by atoms with Gasteiger partial charge in [-0.05, 0) is 66.6 Å². The first kappa shape index (κ1) is 31.8. The molecule has 0 aliphatic carbocycles. The lowest BCUT2D eigenvalue weighted by Crippen LogP contribution is -2.53. The lowest BCUT2D eigenvalue weighted by Gasteiger charge is -2.45. The standard InChI is InChI=1S/C32H41BrO7/c1-10-28-19(6)29(37-20(7)34)32(39-22(9)36)31(40-28)26-15-27(25(16(2)3)14-18(26)5)30(38-21(8)35)24-12-11-23(33)13-17(24)4/h11-16,19,28-32H,10H2,1-9H3/t19-,28+,29-,30?,31-,32-/m0/s1. The number of esters is 3. The summed E-state index contributed by atoms with van der Waals surface area (Å²) in [6, 6.07) is 9.98. The summed E-state index contributed by atoms with van der Waals surface area (Å²) in [5.41, 5.74) is 5.44. The Morgan fingerprint density at radius 1 is 0.875 bits per heavy atom. The van der Waals surface area contributed by atoms with Crippen molar-refractivity contribution in [3.8, 4) is 0 Å². The SMILES string of the molecule is CC[C@H]1O[C@@H](c2cc(C(OC(C)=O)c3ccc(Br)cc3C)c(C(C)C)cc2C)[C@@H](OC(C)=O)[C@@H](OC(C)=O)[C@H]1C. The third kappa shape index (κ3) is 7.13. The number of benzene rings is 2. The van der Waals surface area contributed by atoms with Crippen LogP contribution in [-0.2, 0) is 33.3 Å². The van der Waals surface area contributed by atoms with Gasteiger partial charge in [-0.25, -0.2) is 0 Å². The van der Waals surface area contributed by atoms with Crippen LogP contribution in [0.2, 0.25) is 0 Å². The summed E-state index contributed by atoms with van der Waals surface area (Å²) < 4.78 is 25.1. The molecule has 1 aliphatic heterocycles. The molecule has 0 radical (unpaired) electrons. The fraction of sp³-hybridized carbons (Fsp3) is 0.531. The fourth-order valence-corrected chi connectivity index (χ4v) is 6.15. The molecule has 40 heavy (non-hydrogen) atoms. The lowest BCUT2D eigenvalue weighted by molar-refractivity contribution is -0.225. The zero-order valence-corrected chi connectivity index (χ0v) is 26.5. The first-order valence-corrected chi connectivity index (χ1v) is 14.6. The smallest absolute Gasteiger partial charge is 0.303 e. The van der Waals surface area contributed by atoms with E-state index in [1.54, 1.807) is 0 Å². The zero-order chi connectivity index (χ0) is 29.9. The van der Waals surface area contributed by atoms with Gasteiger partial charge in [-0.3, -0.25) is 14.4 Å². The Kier molecular flexibility index (Phi) is 10.6. The molecule has 1 fully saturated rings. The zero-order valence-electron chi connectivity index (χ0n) is 24.9. The van der Waals surface area contributed by atoms with E-state index in [4.69, 9.17) is 18.9 Å². The van der Waals surface area contributed by atoms with Gasteiger partial charge in [-0.15, -0.1) is 0 Å². The fourth-order valence-electron chi connectivity index (χ4n) is 5.67. The van der Waals surface area contributed by atoms with Crippen molar-refractivity contribution in [2.75, 3.05) is 0 Å². The van der Waals surface area contributed by atoms with Crippen molar-refractivity contribution in [1.29, 1.82) is 0 Å². The molecule has 0 amide bonds. The summed E-state index contributed by atoms with van der Waals surface area (Å²) in [4.78, 5) is 36.8. The van der Waals surface area contributed by atoms with Crippen molar-refractivity contribution in [3.05, 3.63) is 68.2 Å². The first-order chi connectivity index (χ1) is 18.7. The van der Waals surface area contributed by atoms with Crippen LogP contribution in [0, 0.1) is 19.8 Å². The molecule has 2 aromatic carbocycles. The van der Waals surface area contributed by atoms with Gasteiger partial charge in [0, 0.05) is 42.3 Å². The minimum Gasteiger partial charge on any atom is -0.458 e. The number of halogens is 1. The monoisotopic (exact) mass is 616 g/mol. The maximum absolute atomic E-state index is 12.4. The molecule has 8 heteroatoms. The number of hydrogen-bond donors (Lipinski definition) is 0. The highest BCUT2D eigenvalue weighted by Crippen LogP contribution is 2.44. The summed E-state index contributed by atoms with van der Waals surface area (Å²) in [7, 11) is 0. The Morgan fingerprint density at radius 3 is 2.02 bits per heavy atom. The van der Waals surface area contributed by atoms with Crippen molar-refractivity contribution in [2.45, 2.75) is 105 Å². The van der Waals surface area contributed by atoms with E-state index in [0.717, 1.165) is 37.9 Å². The second-order valence-corrected chi connectivity index (χ2v) is 11.9. The van der Waals surface area contributed by atoms with E-state index in [1.807, 2.05) is 52.0 Å². The molecule has 218 valence electrons. The Morgan fingerprint density at radius 2 is 1.50 bits per heavy atom. The summed E-state index contributed by atoms with van der Waals surface area (Å²) in [5.74, 6) is -1.39. The number of hydrogen-bond acceptors (Lipinski definition) is 7. The van der Waals surface area contributed by atoms with Crippen molar-refractivity contribution in [1.82, 2.24) is 0 Å². The molecular formula is C32H41BrO7. The third-order valence-electron chi connectivity index (χ3n) is 7.54. The van der Waals surface area contributed by atoms with E-state index in [9.17, 15) is 14.4 Å². The van der Waals surface area contributed by atoms with Crippen molar-refractivity contribution < 1.29 is 33.3 Å². The third-order valence-corrected chi connectivity index (χ3v) is 8.03. The second kappa shape index (κ2) is 13.3. The van der Waals surface area contributed by atoms with E-state index < -0.39 is 42.3 Å². The predicted molar refractivity (Wildman–Crippen MR) is 156 cm³/mol. The molecule has 2 aromatic rings. The Labute approximate surface area is 246 Å². The Bertz CT molecular complexity index is 1250. The van der Waals surface area contributed by atoms with Crippen LogP contribution in [0.3, 0.4) is 0 Å². The topological polar surface area (TPSA) is 88.1 Å². The van der Waals surface area contributed by atoms with E-state index in [0.29, 0.717) is 6.42 Å². The molecule has 0 spiro atoms. The number of aryl methyl sites for hydroxylation is 2. The van der Waals surface area contributed by atoms with Gasteiger partial charge in [0.1, 0.15) is 12.2 Å². The van der Waals surface area contributed by atoms with E-state index in [2.05, 4.69) is 35.8 Å². The van der Waals surface area contributed by atoms with E-state index >= 15 is 0 Å². The average Bonchev–Trinajstić information content (AvgIpc) is 2.85.